The van der Waals surface area contributed by atoms with Gasteiger partial charge in [-0.05, 0) is 31.9 Å². The lowest BCUT2D eigenvalue weighted by atomic mass is 10.1. The van der Waals surface area contributed by atoms with Crippen LogP contribution in [0.1, 0.15) is 26.3 Å². The standard InChI is InChI=1S/C15H26N2O3S/c1-11(2)15(10-18)16-9-13(4)17-21(19,20)14-7-5-12(3)6-8-14/h5-8,11,13,15-18H,9-10H2,1-4H3/t13-,15+/m0/s1. The highest BCUT2D eigenvalue weighted by Gasteiger charge is 2.18. The van der Waals surface area contributed by atoms with Crippen LogP contribution in [0.15, 0.2) is 29.2 Å². The third-order valence-corrected chi connectivity index (χ3v) is 4.98. The maximum absolute atomic E-state index is 12.2. The molecule has 2 atom stereocenters. The third kappa shape index (κ3) is 5.74. The first-order valence-electron chi connectivity index (χ1n) is 7.19. The summed E-state index contributed by atoms with van der Waals surface area (Å²) in [6.45, 7) is 8.23. The van der Waals surface area contributed by atoms with Crippen LogP contribution in [0.4, 0.5) is 0 Å². The highest BCUT2D eigenvalue weighted by Crippen LogP contribution is 2.10. The van der Waals surface area contributed by atoms with Gasteiger partial charge in [-0.1, -0.05) is 31.5 Å². The number of rotatable bonds is 8. The van der Waals surface area contributed by atoms with Crippen molar-refractivity contribution in [3.63, 3.8) is 0 Å². The monoisotopic (exact) mass is 314 g/mol. The number of hydrogen-bond donors (Lipinski definition) is 3. The molecule has 0 saturated carbocycles. The van der Waals surface area contributed by atoms with Gasteiger partial charge in [-0.2, -0.15) is 0 Å². The van der Waals surface area contributed by atoms with Crippen LogP contribution in [-0.4, -0.2) is 38.8 Å². The van der Waals surface area contributed by atoms with Crippen molar-refractivity contribution in [2.75, 3.05) is 13.2 Å². The molecule has 0 aliphatic heterocycles. The Bertz CT molecular complexity index is 526. The largest absolute Gasteiger partial charge is 0.395 e. The molecule has 0 aliphatic rings. The molecule has 1 rings (SSSR count). The summed E-state index contributed by atoms with van der Waals surface area (Å²) in [6.07, 6.45) is 0. The third-order valence-electron chi connectivity index (χ3n) is 3.38. The summed E-state index contributed by atoms with van der Waals surface area (Å²) in [4.78, 5) is 0.266. The van der Waals surface area contributed by atoms with E-state index in [0.717, 1.165) is 5.56 Å². The Hall–Kier alpha value is -0.950. The highest BCUT2D eigenvalue weighted by molar-refractivity contribution is 7.89. The molecule has 3 N–H and O–H groups in total. The maximum atomic E-state index is 12.2. The van der Waals surface area contributed by atoms with E-state index in [1.807, 2.05) is 20.8 Å². The van der Waals surface area contributed by atoms with E-state index < -0.39 is 10.0 Å². The van der Waals surface area contributed by atoms with Gasteiger partial charge in [-0.3, -0.25) is 0 Å². The van der Waals surface area contributed by atoms with Crippen molar-refractivity contribution in [1.29, 1.82) is 0 Å². The summed E-state index contributed by atoms with van der Waals surface area (Å²) in [6, 6.07) is 6.46. The minimum atomic E-state index is -3.50. The van der Waals surface area contributed by atoms with Crippen molar-refractivity contribution >= 4 is 10.0 Å². The molecule has 0 bridgehead atoms. The number of sulfonamides is 1. The van der Waals surface area contributed by atoms with E-state index in [4.69, 9.17) is 0 Å². The number of aliphatic hydroxyl groups is 1. The van der Waals surface area contributed by atoms with Crippen LogP contribution in [0.25, 0.3) is 0 Å². The Kier molecular flexibility index (Phi) is 6.80. The zero-order valence-corrected chi connectivity index (χ0v) is 13.9. The molecular formula is C15H26N2O3S. The van der Waals surface area contributed by atoms with E-state index in [9.17, 15) is 13.5 Å². The van der Waals surface area contributed by atoms with Crippen LogP contribution in [0, 0.1) is 12.8 Å². The summed E-state index contributed by atoms with van der Waals surface area (Å²) in [5, 5.41) is 12.4. The van der Waals surface area contributed by atoms with Gasteiger partial charge in [-0.25, -0.2) is 13.1 Å². The zero-order chi connectivity index (χ0) is 16.0. The van der Waals surface area contributed by atoms with Gasteiger partial charge in [0.2, 0.25) is 10.0 Å². The number of aryl methyl sites for hydroxylation is 1. The van der Waals surface area contributed by atoms with Crippen LogP contribution in [-0.2, 0) is 10.0 Å². The van der Waals surface area contributed by atoms with Crippen molar-refractivity contribution in [1.82, 2.24) is 10.0 Å². The van der Waals surface area contributed by atoms with E-state index in [0.29, 0.717) is 6.54 Å². The van der Waals surface area contributed by atoms with Gasteiger partial charge >= 0.3 is 0 Å². The second-order valence-electron chi connectivity index (χ2n) is 5.78. The Morgan fingerprint density at radius 2 is 1.71 bits per heavy atom. The average Bonchev–Trinajstić information content (AvgIpc) is 2.38. The van der Waals surface area contributed by atoms with Crippen LogP contribution in [0.3, 0.4) is 0 Å². The summed E-state index contributed by atoms with van der Waals surface area (Å²) in [7, 11) is -3.50. The molecule has 0 amide bonds. The molecule has 0 saturated heterocycles. The smallest absolute Gasteiger partial charge is 0.240 e. The summed E-state index contributed by atoms with van der Waals surface area (Å²) >= 11 is 0. The number of nitrogens with one attached hydrogen (secondary N) is 2. The van der Waals surface area contributed by atoms with E-state index in [-0.39, 0.29) is 29.5 Å². The Morgan fingerprint density at radius 1 is 1.14 bits per heavy atom. The molecule has 0 aliphatic carbocycles. The molecule has 0 spiro atoms. The number of aliphatic hydroxyl groups excluding tert-OH is 1. The van der Waals surface area contributed by atoms with Crippen molar-refractivity contribution in [2.45, 2.75) is 44.7 Å². The molecule has 0 heterocycles. The minimum Gasteiger partial charge on any atom is -0.395 e. The molecule has 5 nitrogen and oxygen atoms in total. The molecule has 6 heteroatoms. The normalized spacial score (nSPS) is 15.1. The quantitative estimate of drug-likeness (QED) is 0.675. The van der Waals surface area contributed by atoms with Crippen molar-refractivity contribution in [3.05, 3.63) is 29.8 Å². The predicted molar refractivity (Wildman–Crippen MR) is 84.7 cm³/mol. The van der Waals surface area contributed by atoms with Crippen LogP contribution in [0.2, 0.25) is 0 Å². The summed E-state index contributed by atoms with van der Waals surface area (Å²) in [5.41, 5.74) is 1.02. The molecule has 21 heavy (non-hydrogen) atoms. The summed E-state index contributed by atoms with van der Waals surface area (Å²) < 4.78 is 27.1. The van der Waals surface area contributed by atoms with Gasteiger partial charge < -0.3 is 10.4 Å². The van der Waals surface area contributed by atoms with Crippen molar-refractivity contribution < 1.29 is 13.5 Å². The van der Waals surface area contributed by atoms with E-state index in [1.165, 1.54) is 0 Å². The fourth-order valence-electron chi connectivity index (χ4n) is 1.93. The molecule has 0 fully saturated rings. The lowest BCUT2D eigenvalue weighted by molar-refractivity contribution is 0.209. The van der Waals surface area contributed by atoms with Crippen molar-refractivity contribution in [2.24, 2.45) is 5.92 Å². The van der Waals surface area contributed by atoms with Gasteiger partial charge in [0, 0.05) is 18.6 Å². The second kappa shape index (κ2) is 7.89. The first-order valence-corrected chi connectivity index (χ1v) is 8.68. The second-order valence-corrected chi connectivity index (χ2v) is 7.49. The molecule has 0 radical (unpaired) electrons. The van der Waals surface area contributed by atoms with Gasteiger partial charge in [-0.15, -0.1) is 0 Å². The minimum absolute atomic E-state index is 0.0312. The van der Waals surface area contributed by atoms with Crippen LogP contribution in [0.5, 0.6) is 0 Å². The van der Waals surface area contributed by atoms with Gasteiger partial charge in [0.25, 0.3) is 0 Å². The number of hydrogen-bond acceptors (Lipinski definition) is 4. The van der Waals surface area contributed by atoms with Crippen LogP contribution >= 0.6 is 0 Å². The first-order chi connectivity index (χ1) is 9.76. The Balaban J connectivity index is 2.61. The lowest BCUT2D eigenvalue weighted by Crippen LogP contribution is -2.46. The summed E-state index contributed by atoms with van der Waals surface area (Å²) in [5.74, 6) is 0.288. The van der Waals surface area contributed by atoms with Gasteiger partial charge in [0.05, 0.1) is 11.5 Å². The van der Waals surface area contributed by atoms with Gasteiger partial charge in [0.1, 0.15) is 0 Å². The molecule has 1 aromatic carbocycles. The number of benzene rings is 1. The molecule has 0 aromatic heterocycles. The SMILES string of the molecule is Cc1ccc(S(=O)(=O)N[C@@H](C)CN[C@H](CO)C(C)C)cc1. The zero-order valence-electron chi connectivity index (χ0n) is 13.1. The van der Waals surface area contributed by atoms with E-state index in [1.54, 1.807) is 31.2 Å². The molecule has 1 aromatic rings. The predicted octanol–water partition coefficient (Wildman–Crippen LogP) is 1.27. The fourth-order valence-corrected chi connectivity index (χ4v) is 3.17. The molecule has 120 valence electrons. The average molecular weight is 314 g/mol. The molecular weight excluding hydrogens is 288 g/mol. The Labute approximate surface area is 127 Å². The first kappa shape index (κ1) is 18.1. The highest BCUT2D eigenvalue weighted by atomic mass is 32.2. The van der Waals surface area contributed by atoms with Crippen LogP contribution < -0.4 is 10.0 Å². The topological polar surface area (TPSA) is 78.4 Å². The lowest BCUT2D eigenvalue weighted by Gasteiger charge is -2.23. The van der Waals surface area contributed by atoms with E-state index >= 15 is 0 Å². The van der Waals surface area contributed by atoms with E-state index in [2.05, 4.69) is 10.0 Å². The molecule has 0 unspecified atom stereocenters. The van der Waals surface area contributed by atoms with Crippen molar-refractivity contribution in [3.8, 4) is 0 Å². The van der Waals surface area contributed by atoms with Gasteiger partial charge in [0.15, 0.2) is 0 Å². The Morgan fingerprint density at radius 3 is 2.19 bits per heavy atom. The fraction of sp³-hybridized carbons (Fsp3) is 0.600. The maximum Gasteiger partial charge on any atom is 0.240 e.